The van der Waals surface area contributed by atoms with Gasteiger partial charge in [0.2, 0.25) is 0 Å². The Morgan fingerprint density at radius 2 is 1.76 bits per heavy atom. The van der Waals surface area contributed by atoms with Gasteiger partial charge in [-0.3, -0.25) is 0 Å². The number of hydrogen-bond donors (Lipinski definition) is 1. The molecule has 25 heavy (non-hydrogen) atoms. The Morgan fingerprint density at radius 1 is 1.04 bits per heavy atom. The maximum absolute atomic E-state index is 13.1. The van der Waals surface area contributed by atoms with Crippen LogP contribution in [0, 0.1) is 12.7 Å². The van der Waals surface area contributed by atoms with Gasteiger partial charge in [0.05, 0.1) is 0 Å². The average Bonchev–Trinajstić information content (AvgIpc) is 2.64. The highest BCUT2D eigenvalue weighted by Gasteiger charge is 2.09. The van der Waals surface area contributed by atoms with E-state index in [9.17, 15) is 4.39 Å². The summed E-state index contributed by atoms with van der Waals surface area (Å²) in [4.78, 5) is 8.95. The van der Waals surface area contributed by atoms with Gasteiger partial charge in [-0.15, -0.1) is 0 Å². The molecule has 0 aliphatic carbocycles. The third-order valence-corrected chi connectivity index (χ3v) is 4.21. The molecule has 0 bridgehead atoms. The predicted molar refractivity (Wildman–Crippen MR) is 98.5 cm³/mol. The number of aromatic nitrogens is 2. The summed E-state index contributed by atoms with van der Waals surface area (Å²) in [5.41, 5.74) is 4.33. The zero-order valence-electron chi connectivity index (χ0n) is 14.5. The van der Waals surface area contributed by atoms with Crippen molar-refractivity contribution >= 4 is 0 Å². The number of nitrogens with one attached hydrogen (secondary N) is 1. The zero-order chi connectivity index (χ0) is 17.6. The van der Waals surface area contributed by atoms with E-state index in [-0.39, 0.29) is 11.9 Å². The quantitative estimate of drug-likeness (QED) is 0.701. The van der Waals surface area contributed by atoms with E-state index in [1.807, 2.05) is 36.7 Å². The van der Waals surface area contributed by atoms with E-state index in [1.165, 1.54) is 17.7 Å². The minimum atomic E-state index is -0.209. The van der Waals surface area contributed by atoms with Gasteiger partial charge in [-0.1, -0.05) is 42.8 Å². The van der Waals surface area contributed by atoms with Crippen LogP contribution in [-0.4, -0.2) is 9.97 Å². The normalized spacial score (nSPS) is 12.1. The molecule has 128 valence electrons. The molecular weight excluding hydrogens is 313 g/mol. The lowest BCUT2D eigenvalue weighted by Gasteiger charge is -2.17. The van der Waals surface area contributed by atoms with Crippen LogP contribution in [0.2, 0.25) is 0 Å². The molecule has 0 saturated carbocycles. The van der Waals surface area contributed by atoms with Crippen LogP contribution < -0.4 is 5.32 Å². The Kier molecular flexibility index (Phi) is 5.51. The van der Waals surface area contributed by atoms with Crippen molar-refractivity contribution in [2.75, 3.05) is 0 Å². The molecule has 0 radical (unpaired) electrons. The van der Waals surface area contributed by atoms with Crippen LogP contribution in [0.25, 0.3) is 11.4 Å². The summed E-state index contributed by atoms with van der Waals surface area (Å²) in [6.45, 7) is 4.84. The molecule has 1 atom stereocenters. The Balaban J connectivity index is 1.65. The smallest absolute Gasteiger partial charge is 0.159 e. The van der Waals surface area contributed by atoms with Gasteiger partial charge >= 0.3 is 0 Å². The van der Waals surface area contributed by atoms with Crippen LogP contribution >= 0.6 is 0 Å². The van der Waals surface area contributed by atoms with E-state index < -0.39 is 0 Å². The van der Waals surface area contributed by atoms with Gasteiger partial charge in [0, 0.05) is 36.1 Å². The molecule has 0 spiro atoms. The first-order valence-corrected chi connectivity index (χ1v) is 8.52. The van der Waals surface area contributed by atoms with Gasteiger partial charge in [-0.25, -0.2) is 14.4 Å². The molecule has 0 unspecified atom stereocenters. The van der Waals surface area contributed by atoms with Crippen LogP contribution in [0.15, 0.2) is 60.9 Å². The van der Waals surface area contributed by atoms with Gasteiger partial charge in [0.1, 0.15) is 5.82 Å². The summed E-state index contributed by atoms with van der Waals surface area (Å²) in [5, 5.41) is 3.49. The number of nitrogens with zero attached hydrogens (tertiary/aromatic N) is 2. The van der Waals surface area contributed by atoms with Crippen molar-refractivity contribution in [3.05, 3.63) is 83.4 Å². The average molecular weight is 335 g/mol. The first-order valence-electron chi connectivity index (χ1n) is 8.52. The largest absolute Gasteiger partial charge is 0.306 e. The second kappa shape index (κ2) is 7.99. The van der Waals surface area contributed by atoms with E-state index in [0.29, 0.717) is 6.54 Å². The molecule has 1 aromatic heterocycles. The highest BCUT2D eigenvalue weighted by atomic mass is 19.1. The first-order chi connectivity index (χ1) is 12.2. The zero-order valence-corrected chi connectivity index (χ0v) is 14.5. The van der Waals surface area contributed by atoms with Gasteiger partial charge in [0.15, 0.2) is 5.82 Å². The van der Waals surface area contributed by atoms with E-state index in [2.05, 4.69) is 41.3 Å². The third kappa shape index (κ3) is 4.48. The number of rotatable bonds is 6. The molecule has 4 heteroatoms. The van der Waals surface area contributed by atoms with Crippen LogP contribution in [0.3, 0.4) is 0 Å². The summed E-state index contributed by atoms with van der Waals surface area (Å²) in [5.74, 6) is 0.525. The lowest BCUT2D eigenvalue weighted by Crippen LogP contribution is -2.20. The third-order valence-electron chi connectivity index (χ3n) is 4.21. The number of aryl methyl sites for hydroxylation is 1. The van der Waals surface area contributed by atoms with Gasteiger partial charge in [-0.2, -0.15) is 0 Å². The van der Waals surface area contributed by atoms with E-state index in [1.54, 1.807) is 0 Å². The van der Waals surface area contributed by atoms with Gasteiger partial charge < -0.3 is 5.32 Å². The molecule has 0 aliphatic rings. The molecule has 2 aromatic carbocycles. The van der Waals surface area contributed by atoms with Crippen molar-refractivity contribution in [3.63, 3.8) is 0 Å². The number of hydrogen-bond acceptors (Lipinski definition) is 3. The maximum Gasteiger partial charge on any atom is 0.159 e. The Labute approximate surface area is 148 Å². The Morgan fingerprint density at radius 3 is 2.40 bits per heavy atom. The highest BCUT2D eigenvalue weighted by Crippen LogP contribution is 2.18. The van der Waals surface area contributed by atoms with Crippen molar-refractivity contribution in [2.45, 2.75) is 32.9 Å². The van der Waals surface area contributed by atoms with Crippen molar-refractivity contribution in [1.29, 1.82) is 0 Å². The summed E-state index contributed by atoms with van der Waals surface area (Å²) in [6.07, 6.45) is 4.64. The number of benzene rings is 2. The molecule has 0 fully saturated rings. The van der Waals surface area contributed by atoms with Gasteiger partial charge in [-0.05, 0) is 37.1 Å². The van der Waals surface area contributed by atoms with Crippen molar-refractivity contribution < 1.29 is 4.39 Å². The van der Waals surface area contributed by atoms with E-state index in [0.717, 1.165) is 28.9 Å². The summed E-state index contributed by atoms with van der Waals surface area (Å²) in [7, 11) is 0. The summed E-state index contributed by atoms with van der Waals surface area (Å²) >= 11 is 0. The molecule has 3 rings (SSSR count). The Hall–Kier alpha value is -2.59. The van der Waals surface area contributed by atoms with Crippen molar-refractivity contribution in [1.82, 2.24) is 15.3 Å². The van der Waals surface area contributed by atoms with E-state index >= 15 is 0 Å². The molecule has 1 heterocycles. The number of halogens is 1. The van der Waals surface area contributed by atoms with Gasteiger partial charge in [0.25, 0.3) is 0 Å². The fourth-order valence-electron chi connectivity index (χ4n) is 2.81. The van der Waals surface area contributed by atoms with Crippen LogP contribution in [-0.2, 0) is 6.54 Å². The summed E-state index contributed by atoms with van der Waals surface area (Å²) < 4.78 is 13.1. The second-order valence-corrected chi connectivity index (χ2v) is 6.18. The Bertz CT molecular complexity index is 813. The fraction of sp³-hybridized carbons (Fsp3) is 0.238. The van der Waals surface area contributed by atoms with Crippen LogP contribution in [0.1, 0.15) is 36.1 Å². The first kappa shape index (κ1) is 17.2. The molecular formula is C21H22FN3. The van der Waals surface area contributed by atoms with Crippen LogP contribution in [0.4, 0.5) is 4.39 Å². The molecule has 1 N–H and O–H groups in total. The maximum atomic E-state index is 13.1. The van der Waals surface area contributed by atoms with Crippen molar-refractivity contribution in [3.8, 4) is 11.4 Å². The minimum absolute atomic E-state index is 0.178. The molecule has 3 aromatic rings. The molecule has 0 saturated heterocycles. The molecule has 0 amide bonds. The molecule has 0 aliphatic heterocycles. The minimum Gasteiger partial charge on any atom is -0.306 e. The summed E-state index contributed by atoms with van der Waals surface area (Å²) in [6, 6.07) is 15.0. The van der Waals surface area contributed by atoms with Crippen molar-refractivity contribution in [2.24, 2.45) is 0 Å². The standard InChI is InChI=1S/C21H22FN3/c1-3-20(17-7-9-19(22)10-8-17)23-12-16-13-24-21(25-14-16)18-6-4-5-15(2)11-18/h4-11,13-14,20,23H,3,12H2,1-2H3/t20-/m0/s1. The second-order valence-electron chi connectivity index (χ2n) is 6.18. The lowest BCUT2D eigenvalue weighted by molar-refractivity contribution is 0.516. The SMILES string of the molecule is CC[C@H](NCc1cnc(-c2cccc(C)c2)nc1)c1ccc(F)cc1. The lowest BCUT2D eigenvalue weighted by atomic mass is 10.0. The predicted octanol–water partition coefficient (Wildman–Crippen LogP) is 4.83. The topological polar surface area (TPSA) is 37.8 Å². The van der Waals surface area contributed by atoms with Crippen LogP contribution in [0.5, 0.6) is 0 Å². The monoisotopic (exact) mass is 335 g/mol. The van der Waals surface area contributed by atoms with E-state index in [4.69, 9.17) is 0 Å². The fourth-order valence-corrected chi connectivity index (χ4v) is 2.81. The highest BCUT2D eigenvalue weighted by molar-refractivity contribution is 5.55. The molecule has 3 nitrogen and oxygen atoms in total.